The molecule has 0 saturated heterocycles. The Morgan fingerprint density at radius 2 is 1.31 bits per heavy atom. The molecule has 0 N–H and O–H groups in total. The van der Waals surface area contributed by atoms with Gasteiger partial charge in [-0.25, -0.2) is 4.98 Å². The first-order valence-electron chi connectivity index (χ1n) is 13.8. The van der Waals surface area contributed by atoms with E-state index in [1.54, 1.807) is 11.1 Å². The molecular weight excluding hydrogens is 434 g/mol. The summed E-state index contributed by atoms with van der Waals surface area (Å²) in [6.07, 6.45) is 3.94. The molecule has 1 aromatic heterocycles. The lowest BCUT2D eigenvalue weighted by Gasteiger charge is -2.44. The van der Waals surface area contributed by atoms with Crippen LogP contribution in [-0.2, 0) is 10.8 Å². The topological polar surface area (TPSA) is 12.9 Å². The molecule has 2 bridgehead atoms. The molecule has 3 aromatic carbocycles. The van der Waals surface area contributed by atoms with Gasteiger partial charge in [0.1, 0.15) is 0 Å². The van der Waals surface area contributed by atoms with Crippen LogP contribution in [0, 0.1) is 5.41 Å². The van der Waals surface area contributed by atoms with E-state index < -0.39 is 0 Å². The number of nitrogens with zero attached hydrogens (tertiary/aromatic N) is 1. The van der Waals surface area contributed by atoms with Gasteiger partial charge in [-0.15, -0.1) is 0 Å². The van der Waals surface area contributed by atoms with Crippen LogP contribution in [-0.4, -0.2) is 4.98 Å². The quantitative estimate of drug-likeness (QED) is 0.284. The summed E-state index contributed by atoms with van der Waals surface area (Å²) in [7, 11) is 0. The second-order valence-corrected chi connectivity index (χ2v) is 13.2. The lowest BCUT2D eigenvalue weighted by atomic mass is 9.59. The van der Waals surface area contributed by atoms with Crippen molar-refractivity contribution in [3.8, 4) is 22.4 Å². The minimum absolute atomic E-state index is 0.103. The monoisotopic (exact) mass is 471 g/mol. The molecule has 0 spiro atoms. The molecule has 1 nitrogen and oxygen atoms in total. The fraction of sp³-hybridized carbons (Fsp3) is 0.400. The number of benzene rings is 3. The van der Waals surface area contributed by atoms with Crippen LogP contribution in [0.1, 0.15) is 94.9 Å². The van der Waals surface area contributed by atoms with Crippen LogP contribution < -0.4 is 0 Å². The standard InChI is InChI=1S/C35H37N/c1-33(2)27-16-14-25(20-28(27)34(3,4)35(33,5)6)32-31-24-13-12-23(18-24)30(31)26-19-22(15-17-29(26)36-32)21-10-8-7-9-11-21/h7-11,14-17,19-20,23-24H,12-13,18H2,1-6H3. The molecular formula is C35H37N. The normalized spacial score (nSPS) is 24.2. The summed E-state index contributed by atoms with van der Waals surface area (Å²) in [5, 5.41) is 1.38. The smallest absolute Gasteiger partial charge is 0.0747 e. The van der Waals surface area contributed by atoms with Gasteiger partial charge < -0.3 is 0 Å². The molecule has 7 rings (SSSR count). The number of fused-ring (bicyclic) bond motifs is 8. The molecule has 0 radical (unpaired) electrons. The van der Waals surface area contributed by atoms with Crippen LogP contribution in [0.2, 0.25) is 0 Å². The first-order valence-corrected chi connectivity index (χ1v) is 13.8. The molecule has 1 fully saturated rings. The first kappa shape index (κ1) is 22.3. The molecule has 3 aliphatic rings. The van der Waals surface area contributed by atoms with E-state index in [0.29, 0.717) is 11.8 Å². The van der Waals surface area contributed by atoms with E-state index in [-0.39, 0.29) is 16.2 Å². The molecule has 4 aromatic rings. The van der Waals surface area contributed by atoms with Crippen molar-refractivity contribution in [3.05, 3.63) is 89.0 Å². The lowest BCUT2D eigenvalue weighted by Crippen LogP contribution is -2.42. The van der Waals surface area contributed by atoms with Crippen molar-refractivity contribution in [1.29, 1.82) is 0 Å². The Hall–Kier alpha value is -2.93. The predicted octanol–water partition coefficient (Wildman–Crippen LogP) is 9.53. The maximum atomic E-state index is 5.42. The summed E-state index contributed by atoms with van der Waals surface area (Å²) in [5.74, 6) is 1.34. The first-order chi connectivity index (χ1) is 17.1. The Morgan fingerprint density at radius 3 is 2.06 bits per heavy atom. The number of hydrogen-bond donors (Lipinski definition) is 0. The maximum Gasteiger partial charge on any atom is 0.0747 e. The molecule has 182 valence electrons. The summed E-state index contributed by atoms with van der Waals surface area (Å²) >= 11 is 0. The van der Waals surface area contributed by atoms with Crippen LogP contribution in [0.5, 0.6) is 0 Å². The van der Waals surface area contributed by atoms with Crippen LogP contribution in [0.4, 0.5) is 0 Å². The van der Waals surface area contributed by atoms with Gasteiger partial charge >= 0.3 is 0 Å². The summed E-state index contributed by atoms with van der Waals surface area (Å²) < 4.78 is 0. The fourth-order valence-corrected chi connectivity index (χ4v) is 7.90. The van der Waals surface area contributed by atoms with Crippen molar-refractivity contribution in [2.75, 3.05) is 0 Å². The predicted molar refractivity (Wildman–Crippen MR) is 152 cm³/mol. The van der Waals surface area contributed by atoms with E-state index in [0.717, 1.165) is 5.52 Å². The van der Waals surface area contributed by atoms with Gasteiger partial charge in [-0.1, -0.05) is 90.1 Å². The maximum absolute atomic E-state index is 5.42. The van der Waals surface area contributed by atoms with Crippen molar-refractivity contribution in [2.24, 2.45) is 5.41 Å². The number of hydrogen-bond acceptors (Lipinski definition) is 1. The third kappa shape index (κ3) is 2.70. The van der Waals surface area contributed by atoms with E-state index in [1.807, 2.05) is 0 Å². The van der Waals surface area contributed by atoms with Gasteiger partial charge in [0.2, 0.25) is 0 Å². The van der Waals surface area contributed by atoms with Gasteiger partial charge in [-0.3, -0.25) is 0 Å². The molecule has 2 unspecified atom stereocenters. The van der Waals surface area contributed by atoms with E-state index in [9.17, 15) is 0 Å². The van der Waals surface area contributed by atoms with Crippen molar-refractivity contribution in [2.45, 2.75) is 83.5 Å². The number of rotatable bonds is 2. The van der Waals surface area contributed by atoms with Gasteiger partial charge in [0.25, 0.3) is 0 Å². The summed E-state index contributed by atoms with van der Waals surface area (Å²) in [5.41, 5.74) is 12.9. The van der Waals surface area contributed by atoms with Gasteiger partial charge in [0.05, 0.1) is 11.2 Å². The highest BCUT2D eigenvalue weighted by Crippen LogP contribution is 2.62. The van der Waals surface area contributed by atoms with Crippen molar-refractivity contribution in [3.63, 3.8) is 0 Å². The van der Waals surface area contributed by atoms with Gasteiger partial charge in [0.15, 0.2) is 0 Å². The van der Waals surface area contributed by atoms with Crippen molar-refractivity contribution in [1.82, 2.24) is 4.98 Å². The van der Waals surface area contributed by atoms with Gasteiger partial charge in [0, 0.05) is 10.9 Å². The highest BCUT2D eigenvalue weighted by atomic mass is 14.7. The van der Waals surface area contributed by atoms with E-state index in [1.165, 1.54) is 58.2 Å². The zero-order chi connectivity index (χ0) is 25.0. The fourth-order valence-electron chi connectivity index (χ4n) is 7.90. The molecule has 1 heteroatoms. The third-order valence-corrected chi connectivity index (χ3v) is 11.2. The number of aromatic nitrogens is 1. The molecule has 36 heavy (non-hydrogen) atoms. The van der Waals surface area contributed by atoms with Crippen LogP contribution >= 0.6 is 0 Å². The zero-order valence-corrected chi connectivity index (χ0v) is 22.6. The van der Waals surface area contributed by atoms with E-state index in [2.05, 4.69) is 108 Å². The Labute approximate surface area is 216 Å². The Balaban J connectivity index is 1.46. The van der Waals surface area contributed by atoms with E-state index >= 15 is 0 Å². The largest absolute Gasteiger partial charge is 0.247 e. The number of pyridine rings is 1. The summed E-state index contributed by atoms with van der Waals surface area (Å²) in [6, 6.07) is 25.0. The van der Waals surface area contributed by atoms with Crippen LogP contribution in [0.25, 0.3) is 33.3 Å². The molecule has 0 amide bonds. The minimum Gasteiger partial charge on any atom is -0.247 e. The lowest BCUT2D eigenvalue weighted by molar-refractivity contribution is 0.125. The van der Waals surface area contributed by atoms with Crippen molar-refractivity contribution >= 4 is 10.9 Å². The SMILES string of the molecule is CC1(C)c2ccc(-c3nc4ccc(-c5ccccc5)cc4c4c3C3CCC4C3)cc2C(C)(C)C1(C)C. The van der Waals surface area contributed by atoms with Gasteiger partial charge in [-0.2, -0.15) is 0 Å². The average molecular weight is 472 g/mol. The summed E-state index contributed by atoms with van der Waals surface area (Å²) in [4.78, 5) is 5.42. The Kier molecular flexibility index (Phi) is 4.39. The highest BCUT2D eigenvalue weighted by Gasteiger charge is 2.56. The Bertz CT molecular complexity index is 1540. The second-order valence-electron chi connectivity index (χ2n) is 13.2. The molecule has 1 heterocycles. The van der Waals surface area contributed by atoms with Crippen LogP contribution in [0.3, 0.4) is 0 Å². The second kappa shape index (κ2) is 7.09. The third-order valence-electron chi connectivity index (χ3n) is 11.2. The summed E-state index contributed by atoms with van der Waals surface area (Å²) in [6.45, 7) is 14.6. The minimum atomic E-state index is 0.103. The molecule has 2 atom stereocenters. The highest BCUT2D eigenvalue weighted by molar-refractivity contribution is 5.92. The molecule has 0 aliphatic heterocycles. The Morgan fingerprint density at radius 1 is 0.639 bits per heavy atom. The van der Waals surface area contributed by atoms with Crippen molar-refractivity contribution < 1.29 is 0 Å². The van der Waals surface area contributed by atoms with Gasteiger partial charge in [-0.05, 0) is 98.9 Å². The van der Waals surface area contributed by atoms with Crippen LogP contribution in [0.15, 0.2) is 66.7 Å². The molecule has 1 saturated carbocycles. The zero-order valence-electron chi connectivity index (χ0n) is 22.6. The van der Waals surface area contributed by atoms with E-state index in [4.69, 9.17) is 4.98 Å². The average Bonchev–Trinajstić information content (AvgIpc) is 3.53. The molecule has 3 aliphatic carbocycles.